The fourth-order valence-corrected chi connectivity index (χ4v) is 3.76. The number of morpholine rings is 1. The average molecular weight is 347 g/mol. The molecule has 1 aliphatic heterocycles. The predicted molar refractivity (Wildman–Crippen MR) is 80.8 cm³/mol. The van der Waals surface area contributed by atoms with Crippen molar-refractivity contribution in [1.82, 2.24) is 10.2 Å². The Kier molecular flexibility index (Phi) is 5.38. The maximum atomic E-state index is 12.0. The van der Waals surface area contributed by atoms with E-state index in [1.807, 2.05) is 11.4 Å². The summed E-state index contributed by atoms with van der Waals surface area (Å²) >= 11 is 4.84. The summed E-state index contributed by atoms with van der Waals surface area (Å²) in [6.45, 7) is 7.45. The van der Waals surface area contributed by atoms with Crippen molar-refractivity contribution in [3.8, 4) is 0 Å². The first-order valence-corrected chi connectivity index (χ1v) is 8.11. The number of carbonyl (C=O) groups excluding carboxylic acids is 1. The normalized spacial score (nSPS) is 22.2. The second-order valence-electron chi connectivity index (χ2n) is 4.82. The second-order valence-corrected chi connectivity index (χ2v) is 6.59. The molecule has 0 spiro atoms. The maximum absolute atomic E-state index is 12.0. The predicted octanol–water partition coefficient (Wildman–Crippen LogP) is 2.35. The van der Waals surface area contributed by atoms with E-state index in [0.717, 1.165) is 29.1 Å². The number of carbonyl (C=O) groups is 1. The summed E-state index contributed by atoms with van der Waals surface area (Å²) in [7, 11) is 0. The van der Waals surface area contributed by atoms with Gasteiger partial charge in [-0.1, -0.05) is 0 Å². The summed E-state index contributed by atoms with van der Waals surface area (Å²) in [6.07, 6.45) is 0. The lowest BCUT2D eigenvalue weighted by molar-refractivity contribution is -0.0178. The Morgan fingerprint density at radius 2 is 2.53 bits per heavy atom. The minimum Gasteiger partial charge on any atom is -0.379 e. The highest BCUT2D eigenvalue weighted by Gasteiger charge is 2.24. The molecule has 1 aromatic rings. The highest BCUT2D eigenvalue weighted by molar-refractivity contribution is 9.10. The molecule has 1 amide bonds. The zero-order chi connectivity index (χ0) is 13.8. The number of ether oxygens (including phenoxy) is 1. The topological polar surface area (TPSA) is 41.6 Å². The van der Waals surface area contributed by atoms with E-state index in [0.29, 0.717) is 18.6 Å². The van der Waals surface area contributed by atoms with Gasteiger partial charge >= 0.3 is 0 Å². The number of thiophene rings is 1. The van der Waals surface area contributed by atoms with Crippen molar-refractivity contribution in [3.63, 3.8) is 0 Å². The zero-order valence-electron chi connectivity index (χ0n) is 11.2. The smallest absolute Gasteiger partial charge is 0.262 e. The van der Waals surface area contributed by atoms with Crippen molar-refractivity contribution in [3.05, 3.63) is 20.8 Å². The third-order valence-electron chi connectivity index (χ3n) is 3.37. The summed E-state index contributed by atoms with van der Waals surface area (Å²) in [6, 6.07) is 2.63. The van der Waals surface area contributed by atoms with Crippen LogP contribution in [0.15, 0.2) is 15.9 Å². The van der Waals surface area contributed by atoms with Crippen LogP contribution < -0.4 is 5.32 Å². The summed E-state index contributed by atoms with van der Waals surface area (Å²) in [5.41, 5.74) is 0. The lowest BCUT2D eigenvalue weighted by Crippen LogP contribution is -2.51. The molecular weight excluding hydrogens is 328 g/mol. The minimum absolute atomic E-state index is 0.00497. The number of rotatable bonds is 4. The SMILES string of the molecule is CC(CNC(=O)c1sccc1Br)N1CCOCC1C. The second kappa shape index (κ2) is 6.83. The third kappa shape index (κ3) is 3.78. The molecule has 2 atom stereocenters. The molecule has 2 unspecified atom stereocenters. The Balaban J connectivity index is 1.84. The van der Waals surface area contributed by atoms with E-state index < -0.39 is 0 Å². The fraction of sp³-hybridized carbons (Fsp3) is 0.615. The highest BCUT2D eigenvalue weighted by atomic mass is 79.9. The molecule has 1 N–H and O–H groups in total. The molecule has 2 heterocycles. The van der Waals surface area contributed by atoms with Crippen molar-refractivity contribution in [1.29, 1.82) is 0 Å². The summed E-state index contributed by atoms with van der Waals surface area (Å²) in [5, 5.41) is 4.91. The molecule has 1 aromatic heterocycles. The standard InChI is InChI=1S/C13H19BrN2O2S/c1-9(16-4-5-18-8-10(16)2)7-15-13(17)12-11(14)3-6-19-12/h3,6,9-10H,4-5,7-8H2,1-2H3,(H,15,17). The molecule has 0 saturated carbocycles. The number of amides is 1. The van der Waals surface area contributed by atoms with E-state index in [1.165, 1.54) is 11.3 Å². The van der Waals surface area contributed by atoms with Gasteiger partial charge < -0.3 is 10.1 Å². The van der Waals surface area contributed by atoms with Crippen molar-refractivity contribution in [2.75, 3.05) is 26.3 Å². The third-order valence-corrected chi connectivity index (χ3v) is 5.20. The van der Waals surface area contributed by atoms with E-state index in [-0.39, 0.29) is 5.91 Å². The molecule has 0 aliphatic carbocycles. The molecule has 2 rings (SSSR count). The Labute approximate surface area is 126 Å². The van der Waals surface area contributed by atoms with Gasteiger partial charge in [0.25, 0.3) is 5.91 Å². The number of hydrogen-bond acceptors (Lipinski definition) is 4. The van der Waals surface area contributed by atoms with Gasteiger partial charge in [-0.25, -0.2) is 0 Å². The molecule has 106 valence electrons. The molecule has 1 aliphatic rings. The maximum Gasteiger partial charge on any atom is 0.262 e. The van der Waals surface area contributed by atoms with Crippen LogP contribution in [0.5, 0.6) is 0 Å². The van der Waals surface area contributed by atoms with Gasteiger partial charge in [-0.05, 0) is 41.2 Å². The van der Waals surface area contributed by atoms with Crippen molar-refractivity contribution < 1.29 is 9.53 Å². The van der Waals surface area contributed by atoms with Crippen LogP contribution in [-0.2, 0) is 4.74 Å². The molecule has 1 saturated heterocycles. The van der Waals surface area contributed by atoms with E-state index in [1.54, 1.807) is 0 Å². The van der Waals surface area contributed by atoms with Gasteiger partial charge in [0.05, 0.1) is 13.2 Å². The summed E-state index contributed by atoms with van der Waals surface area (Å²) < 4.78 is 6.29. The Morgan fingerprint density at radius 1 is 1.74 bits per heavy atom. The van der Waals surface area contributed by atoms with Crippen LogP contribution in [-0.4, -0.2) is 49.2 Å². The molecule has 0 aromatic carbocycles. The molecule has 6 heteroatoms. The number of nitrogens with one attached hydrogen (secondary N) is 1. The largest absolute Gasteiger partial charge is 0.379 e. The summed E-state index contributed by atoms with van der Waals surface area (Å²) in [4.78, 5) is 15.1. The zero-order valence-corrected chi connectivity index (χ0v) is 13.6. The van der Waals surface area contributed by atoms with Crippen LogP contribution >= 0.6 is 27.3 Å². The molecule has 19 heavy (non-hydrogen) atoms. The molecule has 0 radical (unpaired) electrons. The molecular formula is C13H19BrN2O2S. The number of hydrogen-bond donors (Lipinski definition) is 1. The number of halogens is 1. The van der Waals surface area contributed by atoms with Crippen LogP contribution in [0.1, 0.15) is 23.5 Å². The summed E-state index contributed by atoms with van der Waals surface area (Å²) in [5.74, 6) is -0.00497. The van der Waals surface area contributed by atoms with Gasteiger partial charge in [-0.2, -0.15) is 0 Å². The van der Waals surface area contributed by atoms with Crippen LogP contribution in [0.2, 0.25) is 0 Å². The first-order valence-electron chi connectivity index (χ1n) is 6.44. The van der Waals surface area contributed by atoms with E-state index >= 15 is 0 Å². The highest BCUT2D eigenvalue weighted by Crippen LogP contribution is 2.22. The average Bonchev–Trinajstić information content (AvgIpc) is 2.82. The minimum atomic E-state index is -0.00497. The Hall–Kier alpha value is -0.430. The van der Waals surface area contributed by atoms with Gasteiger partial charge in [-0.3, -0.25) is 9.69 Å². The molecule has 1 fully saturated rings. The van der Waals surface area contributed by atoms with Gasteiger partial charge in [0.15, 0.2) is 0 Å². The van der Waals surface area contributed by atoms with Crippen molar-refractivity contribution in [2.45, 2.75) is 25.9 Å². The first kappa shape index (κ1) is 15.0. The first-order chi connectivity index (χ1) is 9.09. The van der Waals surface area contributed by atoms with Gasteiger partial charge in [-0.15, -0.1) is 11.3 Å². The lowest BCUT2D eigenvalue weighted by atomic mass is 10.2. The quantitative estimate of drug-likeness (QED) is 0.909. The van der Waals surface area contributed by atoms with Crippen molar-refractivity contribution in [2.24, 2.45) is 0 Å². The number of nitrogens with zero attached hydrogens (tertiary/aromatic N) is 1. The monoisotopic (exact) mass is 346 g/mol. The van der Waals surface area contributed by atoms with Crippen LogP contribution in [0.4, 0.5) is 0 Å². The van der Waals surface area contributed by atoms with Crippen LogP contribution in [0.25, 0.3) is 0 Å². The van der Waals surface area contributed by atoms with Gasteiger partial charge in [0.2, 0.25) is 0 Å². The van der Waals surface area contributed by atoms with Gasteiger partial charge in [0, 0.05) is 29.6 Å². The van der Waals surface area contributed by atoms with E-state index in [2.05, 4.69) is 40.0 Å². The lowest BCUT2D eigenvalue weighted by Gasteiger charge is -2.37. The van der Waals surface area contributed by atoms with Crippen LogP contribution in [0.3, 0.4) is 0 Å². The van der Waals surface area contributed by atoms with Gasteiger partial charge in [0.1, 0.15) is 4.88 Å². The van der Waals surface area contributed by atoms with Crippen LogP contribution in [0, 0.1) is 0 Å². The molecule has 4 nitrogen and oxygen atoms in total. The Morgan fingerprint density at radius 3 is 3.16 bits per heavy atom. The van der Waals surface area contributed by atoms with E-state index in [4.69, 9.17) is 4.74 Å². The molecule has 0 bridgehead atoms. The van der Waals surface area contributed by atoms with Crippen molar-refractivity contribution >= 4 is 33.2 Å². The van der Waals surface area contributed by atoms with E-state index in [9.17, 15) is 4.79 Å². The Bertz CT molecular complexity index is 438. The fourth-order valence-electron chi connectivity index (χ4n) is 2.29.